The predicted octanol–water partition coefficient (Wildman–Crippen LogP) is 10.7. The molecule has 3 unspecified atom stereocenters. The van der Waals surface area contributed by atoms with E-state index in [1.807, 2.05) is 27.2 Å². The third-order valence-corrected chi connectivity index (χ3v) is 10.4. The van der Waals surface area contributed by atoms with Gasteiger partial charge in [0.2, 0.25) is 5.91 Å². The fourth-order valence-corrected chi connectivity index (χ4v) is 6.69. The summed E-state index contributed by atoms with van der Waals surface area (Å²) in [5.41, 5.74) is 0. The number of nitrogens with one attached hydrogen (secondary N) is 1. The molecule has 9 heteroatoms. The Morgan fingerprint density at radius 2 is 1.08 bits per heavy atom. The second-order valence-corrected chi connectivity index (χ2v) is 17.1. The zero-order valence-corrected chi connectivity index (χ0v) is 35.0. The van der Waals surface area contributed by atoms with E-state index in [4.69, 9.17) is 9.05 Å². The van der Waals surface area contributed by atoms with Crippen LogP contribution in [-0.2, 0) is 18.4 Å². The molecule has 0 heterocycles. The number of phosphoric acid groups is 1. The van der Waals surface area contributed by atoms with Crippen molar-refractivity contribution < 1.29 is 32.9 Å². The van der Waals surface area contributed by atoms with Crippen molar-refractivity contribution in [3.63, 3.8) is 0 Å². The van der Waals surface area contributed by atoms with Crippen LogP contribution in [0.2, 0.25) is 0 Å². The molecular formula is C42H83N2O6P. The fourth-order valence-electron chi connectivity index (χ4n) is 5.97. The summed E-state index contributed by atoms with van der Waals surface area (Å²) in [6.07, 6.45) is 39.3. The van der Waals surface area contributed by atoms with E-state index in [-0.39, 0.29) is 19.1 Å². The zero-order valence-electron chi connectivity index (χ0n) is 34.1. The molecule has 8 nitrogen and oxygen atoms in total. The van der Waals surface area contributed by atoms with Crippen LogP contribution in [0.3, 0.4) is 0 Å². The Balaban J connectivity index is 4.41. The highest BCUT2D eigenvalue weighted by molar-refractivity contribution is 7.45. The molecule has 0 saturated carbocycles. The second-order valence-electron chi connectivity index (χ2n) is 15.7. The van der Waals surface area contributed by atoms with E-state index in [9.17, 15) is 19.4 Å². The maximum atomic E-state index is 12.8. The average molecular weight is 743 g/mol. The summed E-state index contributed by atoms with van der Waals surface area (Å²) in [6, 6.07) is -0.886. The van der Waals surface area contributed by atoms with Crippen molar-refractivity contribution in [2.75, 3.05) is 40.9 Å². The van der Waals surface area contributed by atoms with Gasteiger partial charge in [-0.3, -0.25) is 9.36 Å². The minimum Gasteiger partial charge on any atom is -0.756 e. The zero-order chi connectivity index (χ0) is 37.9. The molecule has 0 aromatic heterocycles. The summed E-state index contributed by atoms with van der Waals surface area (Å²) in [5.74, 6) is -0.207. The van der Waals surface area contributed by atoms with E-state index in [1.54, 1.807) is 6.08 Å². The van der Waals surface area contributed by atoms with Crippen LogP contribution < -0.4 is 10.2 Å². The largest absolute Gasteiger partial charge is 0.756 e. The number of likely N-dealkylation sites (N-methyl/N-ethyl adjacent to an activating group) is 1. The molecule has 0 aromatic carbocycles. The summed E-state index contributed by atoms with van der Waals surface area (Å²) in [6.45, 7) is 4.62. The predicted molar refractivity (Wildman–Crippen MR) is 215 cm³/mol. The Morgan fingerprint density at radius 3 is 1.53 bits per heavy atom. The highest BCUT2D eigenvalue weighted by Gasteiger charge is 2.23. The van der Waals surface area contributed by atoms with E-state index in [0.29, 0.717) is 17.4 Å². The van der Waals surface area contributed by atoms with Gasteiger partial charge in [-0.15, -0.1) is 0 Å². The van der Waals surface area contributed by atoms with Gasteiger partial charge < -0.3 is 28.8 Å². The number of aliphatic hydroxyl groups is 1. The first-order valence-corrected chi connectivity index (χ1v) is 22.7. The van der Waals surface area contributed by atoms with Crippen molar-refractivity contribution in [3.05, 3.63) is 24.3 Å². The molecule has 2 N–H and O–H groups in total. The van der Waals surface area contributed by atoms with Crippen LogP contribution in [0.1, 0.15) is 187 Å². The Hall–Kier alpha value is -1.02. The summed E-state index contributed by atoms with van der Waals surface area (Å²) in [7, 11) is 1.26. The van der Waals surface area contributed by atoms with E-state index in [1.165, 1.54) is 116 Å². The lowest BCUT2D eigenvalue weighted by molar-refractivity contribution is -0.870. The van der Waals surface area contributed by atoms with Crippen LogP contribution in [0, 0.1) is 0 Å². The number of amides is 1. The first-order chi connectivity index (χ1) is 24.5. The standard InChI is InChI=1S/C42H83N2O6P/c1-6-8-10-12-14-16-18-19-20-21-22-23-24-26-28-30-32-34-36-42(46)43-40(39-50-51(47,48)49-38-37-44(3,4)5)41(45)35-33-31-29-27-25-17-15-13-11-9-7-2/h22-23,33,35,40-41,45H,6-21,24-32,34,36-39H2,1-5H3,(H-,43,46,47,48)/b23-22-,35-33+. The summed E-state index contributed by atoms with van der Waals surface area (Å²) >= 11 is 0. The molecule has 0 aromatic rings. The highest BCUT2D eigenvalue weighted by Crippen LogP contribution is 2.38. The molecule has 0 rings (SSSR count). The van der Waals surface area contributed by atoms with E-state index in [0.717, 1.165) is 51.4 Å². The lowest BCUT2D eigenvalue weighted by Crippen LogP contribution is -2.45. The van der Waals surface area contributed by atoms with Gasteiger partial charge >= 0.3 is 0 Å². The van der Waals surface area contributed by atoms with E-state index in [2.05, 4.69) is 31.3 Å². The van der Waals surface area contributed by atoms with Gasteiger partial charge in [-0.1, -0.05) is 160 Å². The molecule has 0 saturated heterocycles. The van der Waals surface area contributed by atoms with Crippen molar-refractivity contribution >= 4 is 13.7 Å². The summed E-state index contributed by atoms with van der Waals surface area (Å²) < 4.78 is 23.1. The molecule has 0 aliphatic heterocycles. The lowest BCUT2D eigenvalue weighted by atomic mass is 10.1. The van der Waals surface area contributed by atoms with Gasteiger partial charge in [-0.2, -0.15) is 0 Å². The van der Waals surface area contributed by atoms with Gasteiger partial charge in [0, 0.05) is 6.42 Å². The van der Waals surface area contributed by atoms with Crippen LogP contribution in [0.4, 0.5) is 0 Å². The maximum Gasteiger partial charge on any atom is 0.268 e. The minimum absolute atomic E-state index is 0.00184. The molecule has 1 amide bonds. The van der Waals surface area contributed by atoms with Gasteiger partial charge in [-0.05, 0) is 44.9 Å². The van der Waals surface area contributed by atoms with Crippen molar-refractivity contribution in [2.24, 2.45) is 0 Å². The molecule has 0 aliphatic rings. The Labute approximate surface area is 315 Å². The van der Waals surface area contributed by atoms with E-state index < -0.39 is 20.0 Å². The number of hydrogen-bond acceptors (Lipinski definition) is 6. The number of allylic oxidation sites excluding steroid dienone is 3. The fraction of sp³-hybridized carbons (Fsp3) is 0.881. The van der Waals surface area contributed by atoms with Gasteiger partial charge in [0.25, 0.3) is 7.82 Å². The smallest absolute Gasteiger partial charge is 0.268 e. The molecule has 0 bridgehead atoms. The number of quaternary nitrogens is 1. The number of aliphatic hydroxyl groups excluding tert-OH is 1. The van der Waals surface area contributed by atoms with Crippen LogP contribution >= 0.6 is 7.82 Å². The molecule has 0 spiro atoms. The first kappa shape index (κ1) is 50.0. The molecular weight excluding hydrogens is 659 g/mol. The molecule has 302 valence electrons. The van der Waals surface area contributed by atoms with Crippen molar-refractivity contribution in [3.8, 4) is 0 Å². The van der Waals surface area contributed by atoms with Crippen LogP contribution in [0.5, 0.6) is 0 Å². The molecule has 51 heavy (non-hydrogen) atoms. The third kappa shape index (κ3) is 37.1. The number of nitrogens with zero attached hydrogens (tertiary/aromatic N) is 1. The quantitative estimate of drug-likeness (QED) is 0.0282. The first-order valence-electron chi connectivity index (χ1n) is 21.2. The number of carbonyl (C=O) groups excluding carboxylic acids is 1. The number of rotatable bonds is 38. The van der Waals surface area contributed by atoms with Crippen LogP contribution in [0.25, 0.3) is 0 Å². The molecule has 0 fully saturated rings. The van der Waals surface area contributed by atoms with Crippen molar-refractivity contribution in [2.45, 2.75) is 199 Å². The second kappa shape index (κ2) is 34.7. The van der Waals surface area contributed by atoms with Gasteiger partial charge in [-0.25, -0.2) is 0 Å². The van der Waals surface area contributed by atoms with Crippen molar-refractivity contribution in [1.82, 2.24) is 5.32 Å². The summed E-state index contributed by atoms with van der Waals surface area (Å²) in [5, 5.41) is 13.7. The highest BCUT2D eigenvalue weighted by atomic mass is 31.2. The number of unbranched alkanes of at least 4 members (excludes halogenated alkanes) is 23. The van der Waals surface area contributed by atoms with Gasteiger partial charge in [0.15, 0.2) is 0 Å². The number of hydrogen-bond donors (Lipinski definition) is 2. The topological polar surface area (TPSA) is 108 Å². The molecule has 3 atom stereocenters. The number of carbonyl (C=O) groups is 1. The summed E-state index contributed by atoms with van der Waals surface area (Å²) in [4.78, 5) is 25.2. The Kier molecular flexibility index (Phi) is 34.0. The average Bonchev–Trinajstić information content (AvgIpc) is 3.07. The maximum absolute atomic E-state index is 12.8. The SMILES string of the molecule is CCCCCCCCCCC/C=C\CCCCCCCC(=O)NC(COP(=O)([O-])OCC[N+](C)(C)C)C(O)/C=C/CCCCCCCCCCC. The number of phosphoric ester groups is 1. The van der Waals surface area contributed by atoms with E-state index >= 15 is 0 Å². The normalized spacial score (nSPS) is 14.7. The van der Waals surface area contributed by atoms with Crippen molar-refractivity contribution in [1.29, 1.82) is 0 Å². The van der Waals surface area contributed by atoms with Gasteiger partial charge in [0.05, 0.1) is 39.9 Å². The van der Waals surface area contributed by atoms with Crippen LogP contribution in [-0.4, -0.2) is 68.5 Å². The molecule has 0 aliphatic carbocycles. The van der Waals surface area contributed by atoms with Crippen LogP contribution in [0.15, 0.2) is 24.3 Å². The van der Waals surface area contributed by atoms with Gasteiger partial charge in [0.1, 0.15) is 13.2 Å². The monoisotopic (exact) mass is 743 g/mol. The third-order valence-electron chi connectivity index (χ3n) is 9.41. The minimum atomic E-state index is -4.58. The molecule has 0 radical (unpaired) electrons. The lowest BCUT2D eigenvalue weighted by Gasteiger charge is -2.29. The Morgan fingerprint density at radius 1 is 0.667 bits per heavy atom. The Bertz CT molecular complexity index is 891.